The Morgan fingerprint density at radius 3 is 2.58 bits per heavy atom. The van der Waals surface area contributed by atoms with Gasteiger partial charge in [0.1, 0.15) is 11.6 Å². The Morgan fingerprint density at radius 1 is 1.12 bits per heavy atom. The molecule has 33 heavy (non-hydrogen) atoms. The van der Waals surface area contributed by atoms with Crippen molar-refractivity contribution in [3.63, 3.8) is 0 Å². The maximum atomic E-state index is 13.8. The number of thiazole rings is 1. The van der Waals surface area contributed by atoms with E-state index in [1.165, 1.54) is 18.2 Å². The van der Waals surface area contributed by atoms with E-state index < -0.39 is 0 Å². The summed E-state index contributed by atoms with van der Waals surface area (Å²) in [4.78, 5) is 19.4. The number of anilines is 1. The number of aryl methyl sites for hydroxylation is 1. The standard InChI is InChI=1S/C24H23F2N5OS/c1-15-22-23(31(29-15)19-8-6-17(25)7-9-19)28-24(33-22)30-12-10-18(11-13-30)27-21(32)14-16-4-2-3-5-20(16)26/h2-9,18H,10-14H2,1H3,(H,27,32). The van der Waals surface area contributed by atoms with E-state index in [2.05, 4.69) is 15.3 Å². The molecule has 3 heterocycles. The summed E-state index contributed by atoms with van der Waals surface area (Å²) in [5.74, 6) is -0.803. The molecule has 5 rings (SSSR count). The van der Waals surface area contributed by atoms with Gasteiger partial charge in [-0.2, -0.15) is 10.1 Å². The van der Waals surface area contributed by atoms with E-state index in [-0.39, 0.29) is 30.0 Å². The van der Waals surface area contributed by atoms with Crippen molar-refractivity contribution >= 4 is 32.7 Å². The average Bonchev–Trinajstić information content (AvgIpc) is 3.37. The summed E-state index contributed by atoms with van der Waals surface area (Å²) in [6, 6.07) is 12.6. The first-order valence-corrected chi connectivity index (χ1v) is 11.7. The van der Waals surface area contributed by atoms with Crippen molar-refractivity contribution in [2.24, 2.45) is 0 Å². The van der Waals surface area contributed by atoms with Crippen LogP contribution in [0, 0.1) is 18.6 Å². The lowest BCUT2D eigenvalue weighted by Crippen LogP contribution is -2.45. The molecular weight excluding hydrogens is 444 g/mol. The number of carbonyl (C=O) groups excluding carboxylic acids is 1. The Hall–Kier alpha value is -3.33. The second-order valence-electron chi connectivity index (χ2n) is 8.22. The quantitative estimate of drug-likeness (QED) is 0.473. The molecule has 0 atom stereocenters. The highest BCUT2D eigenvalue weighted by Crippen LogP contribution is 2.33. The molecule has 2 aromatic carbocycles. The van der Waals surface area contributed by atoms with Gasteiger partial charge in [-0.1, -0.05) is 29.5 Å². The molecule has 1 aliphatic heterocycles. The summed E-state index contributed by atoms with van der Waals surface area (Å²) < 4.78 is 29.9. The van der Waals surface area contributed by atoms with Gasteiger partial charge in [0, 0.05) is 19.1 Å². The minimum absolute atomic E-state index is 0.0456. The van der Waals surface area contributed by atoms with Crippen LogP contribution >= 0.6 is 11.3 Å². The maximum absolute atomic E-state index is 13.8. The van der Waals surface area contributed by atoms with Gasteiger partial charge in [-0.3, -0.25) is 4.79 Å². The first kappa shape index (κ1) is 21.5. The van der Waals surface area contributed by atoms with Crippen LogP contribution in [0.3, 0.4) is 0 Å². The van der Waals surface area contributed by atoms with Crippen molar-refractivity contribution in [1.82, 2.24) is 20.1 Å². The number of nitrogens with one attached hydrogen (secondary N) is 1. The second-order valence-corrected chi connectivity index (χ2v) is 9.20. The monoisotopic (exact) mass is 467 g/mol. The van der Waals surface area contributed by atoms with Gasteiger partial charge >= 0.3 is 0 Å². The van der Waals surface area contributed by atoms with Gasteiger partial charge in [-0.05, 0) is 55.7 Å². The van der Waals surface area contributed by atoms with Crippen LogP contribution < -0.4 is 10.2 Å². The summed E-state index contributed by atoms with van der Waals surface area (Å²) in [5.41, 5.74) is 2.82. The number of halogens is 2. The Bertz CT molecular complexity index is 1290. The molecule has 1 saturated heterocycles. The van der Waals surface area contributed by atoms with E-state index in [1.54, 1.807) is 46.4 Å². The number of hydrogen-bond donors (Lipinski definition) is 1. The van der Waals surface area contributed by atoms with Crippen molar-refractivity contribution in [2.75, 3.05) is 18.0 Å². The predicted molar refractivity (Wildman–Crippen MR) is 125 cm³/mol. The minimum Gasteiger partial charge on any atom is -0.353 e. The van der Waals surface area contributed by atoms with Crippen molar-refractivity contribution in [3.8, 4) is 5.69 Å². The molecule has 6 nitrogen and oxygen atoms in total. The highest BCUT2D eigenvalue weighted by atomic mass is 32.1. The fourth-order valence-electron chi connectivity index (χ4n) is 4.13. The zero-order valence-electron chi connectivity index (χ0n) is 18.1. The zero-order chi connectivity index (χ0) is 22.9. The lowest BCUT2D eigenvalue weighted by molar-refractivity contribution is -0.121. The van der Waals surface area contributed by atoms with Gasteiger partial charge in [-0.15, -0.1) is 0 Å². The Labute approximate surface area is 193 Å². The minimum atomic E-state index is -0.354. The number of hydrogen-bond acceptors (Lipinski definition) is 5. The molecule has 0 radical (unpaired) electrons. The van der Waals surface area contributed by atoms with Crippen molar-refractivity contribution in [3.05, 3.63) is 71.4 Å². The average molecular weight is 468 g/mol. The Morgan fingerprint density at radius 2 is 1.85 bits per heavy atom. The third-order valence-electron chi connectivity index (χ3n) is 5.89. The van der Waals surface area contributed by atoms with Gasteiger partial charge < -0.3 is 10.2 Å². The molecule has 1 fully saturated rings. The molecule has 4 aromatic rings. The van der Waals surface area contributed by atoms with Gasteiger partial charge in [0.2, 0.25) is 5.91 Å². The molecule has 0 bridgehead atoms. The summed E-state index contributed by atoms with van der Waals surface area (Å²) in [5, 5.41) is 8.52. The molecule has 0 unspecified atom stereocenters. The van der Waals surface area contributed by atoms with E-state index in [4.69, 9.17) is 4.98 Å². The van der Waals surface area contributed by atoms with Crippen LogP contribution in [0.25, 0.3) is 16.0 Å². The van der Waals surface area contributed by atoms with Crippen molar-refractivity contribution < 1.29 is 13.6 Å². The SMILES string of the molecule is Cc1nn(-c2ccc(F)cc2)c2nc(N3CCC(NC(=O)Cc4ccccc4F)CC3)sc12. The van der Waals surface area contributed by atoms with Crippen LogP contribution in [-0.2, 0) is 11.2 Å². The lowest BCUT2D eigenvalue weighted by atomic mass is 10.0. The molecule has 0 spiro atoms. The largest absolute Gasteiger partial charge is 0.353 e. The first-order chi connectivity index (χ1) is 16.0. The van der Waals surface area contributed by atoms with Crippen LogP contribution in [0.4, 0.5) is 13.9 Å². The van der Waals surface area contributed by atoms with Gasteiger partial charge in [0.15, 0.2) is 10.8 Å². The number of carbonyl (C=O) groups is 1. The maximum Gasteiger partial charge on any atom is 0.224 e. The Kier molecular flexibility index (Phi) is 5.80. The van der Waals surface area contributed by atoms with Crippen LogP contribution in [0.1, 0.15) is 24.1 Å². The summed E-state index contributed by atoms with van der Waals surface area (Å²) >= 11 is 1.60. The summed E-state index contributed by atoms with van der Waals surface area (Å²) in [6.45, 7) is 3.48. The number of benzene rings is 2. The van der Waals surface area contributed by atoms with E-state index in [0.717, 1.165) is 52.8 Å². The molecule has 2 aromatic heterocycles. The van der Waals surface area contributed by atoms with Crippen LogP contribution in [0.15, 0.2) is 48.5 Å². The number of rotatable bonds is 5. The molecule has 1 aliphatic rings. The van der Waals surface area contributed by atoms with Crippen LogP contribution in [-0.4, -0.2) is 39.8 Å². The van der Waals surface area contributed by atoms with Crippen molar-refractivity contribution in [1.29, 1.82) is 0 Å². The third-order valence-corrected chi connectivity index (χ3v) is 7.10. The van der Waals surface area contributed by atoms with Gasteiger partial charge in [0.05, 0.1) is 22.5 Å². The number of fused-ring (bicyclic) bond motifs is 1. The first-order valence-electron chi connectivity index (χ1n) is 10.9. The Balaban J connectivity index is 1.24. The zero-order valence-corrected chi connectivity index (χ0v) is 18.9. The summed E-state index contributed by atoms with van der Waals surface area (Å²) in [6.07, 6.45) is 1.63. The number of nitrogens with zero attached hydrogens (tertiary/aromatic N) is 4. The molecule has 9 heteroatoms. The molecule has 170 valence electrons. The fourth-order valence-corrected chi connectivity index (χ4v) is 5.17. The second kappa shape index (κ2) is 8.90. The third kappa shape index (κ3) is 4.45. The van der Waals surface area contributed by atoms with Crippen LogP contribution in [0.2, 0.25) is 0 Å². The van der Waals surface area contributed by atoms with E-state index >= 15 is 0 Å². The van der Waals surface area contributed by atoms with Crippen LogP contribution in [0.5, 0.6) is 0 Å². The lowest BCUT2D eigenvalue weighted by Gasteiger charge is -2.32. The summed E-state index contributed by atoms with van der Waals surface area (Å²) in [7, 11) is 0. The molecule has 1 N–H and O–H groups in total. The van der Waals surface area contributed by atoms with Crippen molar-refractivity contribution in [2.45, 2.75) is 32.2 Å². The number of aromatic nitrogens is 3. The molecule has 0 aliphatic carbocycles. The molecule has 0 saturated carbocycles. The molecule has 1 amide bonds. The fraction of sp³-hybridized carbons (Fsp3) is 0.292. The van der Waals surface area contributed by atoms with E-state index in [0.29, 0.717) is 5.56 Å². The van der Waals surface area contributed by atoms with E-state index in [9.17, 15) is 13.6 Å². The smallest absolute Gasteiger partial charge is 0.224 e. The topological polar surface area (TPSA) is 63.1 Å². The predicted octanol–water partition coefficient (Wildman–Crippen LogP) is 4.40. The normalized spacial score (nSPS) is 14.7. The highest BCUT2D eigenvalue weighted by Gasteiger charge is 2.25. The van der Waals surface area contributed by atoms with Gasteiger partial charge in [-0.25, -0.2) is 13.5 Å². The van der Waals surface area contributed by atoms with E-state index in [1.807, 2.05) is 6.92 Å². The molecular formula is C24H23F2N5OS. The highest BCUT2D eigenvalue weighted by molar-refractivity contribution is 7.22. The number of piperidine rings is 1. The van der Waals surface area contributed by atoms with Gasteiger partial charge in [0.25, 0.3) is 0 Å². The number of amides is 1.